The predicted octanol–water partition coefficient (Wildman–Crippen LogP) is 1.68. The highest BCUT2D eigenvalue weighted by Gasteiger charge is 2.23. The van der Waals surface area contributed by atoms with Crippen LogP contribution in [-0.2, 0) is 0 Å². The molecule has 116 valence electrons. The molecular weight excluding hydrogens is 274 g/mol. The molecule has 0 saturated carbocycles. The molecule has 1 N–H and O–H groups in total. The van der Waals surface area contributed by atoms with Gasteiger partial charge in [0.25, 0.3) is 5.88 Å². The summed E-state index contributed by atoms with van der Waals surface area (Å²) in [6.45, 7) is 3.65. The molecule has 1 saturated heterocycles. The summed E-state index contributed by atoms with van der Waals surface area (Å²) < 4.78 is 4.92. The van der Waals surface area contributed by atoms with E-state index in [2.05, 4.69) is 20.2 Å². The van der Waals surface area contributed by atoms with Gasteiger partial charge in [-0.3, -0.25) is 10.1 Å². The number of rotatable bonds is 6. The summed E-state index contributed by atoms with van der Waals surface area (Å²) in [6.07, 6.45) is 6.29. The largest absolute Gasteiger partial charge is 0.476 e. The number of aromatic nitrogens is 2. The van der Waals surface area contributed by atoms with Crippen LogP contribution in [0.25, 0.3) is 0 Å². The van der Waals surface area contributed by atoms with Crippen LogP contribution in [0.15, 0.2) is 6.33 Å². The fourth-order valence-electron chi connectivity index (χ4n) is 2.50. The highest BCUT2D eigenvalue weighted by atomic mass is 16.6. The predicted molar refractivity (Wildman–Crippen MR) is 78.6 cm³/mol. The average molecular weight is 295 g/mol. The number of nitro groups is 1. The highest BCUT2D eigenvalue weighted by molar-refractivity contribution is 5.60. The third-order valence-corrected chi connectivity index (χ3v) is 3.58. The van der Waals surface area contributed by atoms with E-state index in [1.54, 1.807) is 0 Å². The number of nitrogens with one attached hydrogen (secondary N) is 1. The molecule has 1 aromatic heterocycles. The van der Waals surface area contributed by atoms with E-state index in [0.717, 1.165) is 19.6 Å². The Balaban J connectivity index is 1.94. The van der Waals surface area contributed by atoms with E-state index in [1.807, 2.05) is 0 Å². The van der Waals surface area contributed by atoms with Gasteiger partial charge in [-0.05, 0) is 25.9 Å². The summed E-state index contributed by atoms with van der Waals surface area (Å²) in [4.78, 5) is 20.7. The second kappa shape index (κ2) is 7.72. The molecule has 2 heterocycles. The van der Waals surface area contributed by atoms with Gasteiger partial charge in [-0.25, -0.2) is 4.98 Å². The van der Waals surface area contributed by atoms with Crippen LogP contribution in [0.4, 0.5) is 11.5 Å². The molecule has 0 amide bonds. The molecule has 0 bridgehead atoms. The van der Waals surface area contributed by atoms with Gasteiger partial charge in [-0.2, -0.15) is 4.98 Å². The van der Waals surface area contributed by atoms with Gasteiger partial charge in [-0.15, -0.1) is 0 Å². The Kier molecular flexibility index (Phi) is 5.68. The lowest BCUT2D eigenvalue weighted by molar-refractivity contribution is -0.385. The lowest BCUT2D eigenvalue weighted by Gasteiger charge is -2.19. The van der Waals surface area contributed by atoms with Crippen LogP contribution in [0, 0.1) is 10.1 Å². The van der Waals surface area contributed by atoms with Crippen molar-refractivity contribution in [3.8, 4) is 5.88 Å². The molecule has 21 heavy (non-hydrogen) atoms. The Labute approximate surface area is 123 Å². The fraction of sp³-hybridized carbons (Fsp3) is 0.692. The summed E-state index contributed by atoms with van der Waals surface area (Å²) >= 11 is 0. The Bertz CT molecular complexity index is 475. The first-order chi connectivity index (χ1) is 10.2. The minimum atomic E-state index is -0.521. The van der Waals surface area contributed by atoms with Crippen molar-refractivity contribution < 1.29 is 9.66 Å². The number of likely N-dealkylation sites (tertiary alicyclic amines) is 1. The second-order valence-corrected chi connectivity index (χ2v) is 5.02. The van der Waals surface area contributed by atoms with Gasteiger partial charge in [0, 0.05) is 13.1 Å². The van der Waals surface area contributed by atoms with Crippen molar-refractivity contribution in [1.29, 1.82) is 0 Å². The van der Waals surface area contributed by atoms with Crippen LogP contribution in [0.2, 0.25) is 0 Å². The van der Waals surface area contributed by atoms with Crippen molar-refractivity contribution in [2.24, 2.45) is 0 Å². The first-order valence-electron chi connectivity index (χ1n) is 7.22. The summed E-state index contributed by atoms with van der Waals surface area (Å²) in [5.74, 6) is 0.189. The van der Waals surface area contributed by atoms with Crippen LogP contribution in [0.5, 0.6) is 5.88 Å². The van der Waals surface area contributed by atoms with Gasteiger partial charge < -0.3 is 15.0 Å². The molecule has 8 heteroatoms. The molecule has 1 aliphatic heterocycles. The normalized spacial score (nSPS) is 16.2. The summed E-state index contributed by atoms with van der Waals surface area (Å²) in [5, 5.41) is 14.1. The molecule has 8 nitrogen and oxygen atoms in total. The molecule has 0 aliphatic carbocycles. The first-order valence-corrected chi connectivity index (χ1v) is 7.22. The summed E-state index contributed by atoms with van der Waals surface area (Å²) in [7, 11) is 1.36. The minimum absolute atomic E-state index is 0.0210. The zero-order chi connectivity index (χ0) is 15.1. The number of anilines is 1. The topological polar surface area (TPSA) is 93.4 Å². The molecule has 1 aliphatic rings. The molecule has 0 spiro atoms. The van der Waals surface area contributed by atoms with Gasteiger partial charge in [0.2, 0.25) is 5.82 Å². The smallest absolute Gasteiger partial charge is 0.372 e. The van der Waals surface area contributed by atoms with E-state index in [1.165, 1.54) is 39.1 Å². The highest BCUT2D eigenvalue weighted by Crippen LogP contribution is 2.30. The zero-order valence-corrected chi connectivity index (χ0v) is 12.2. The van der Waals surface area contributed by atoms with Crippen LogP contribution < -0.4 is 10.1 Å². The van der Waals surface area contributed by atoms with Crippen molar-refractivity contribution in [2.45, 2.75) is 25.7 Å². The monoisotopic (exact) mass is 295 g/mol. The molecular formula is C13H21N5O3. The van der Waals surface area contributed by atoms with Crippen LogP contribution in [0.1, 0.15) is 25.7 Å². The molecule has 2 rings (SSSR count). The van der Waals surface area contributed by atoms with E-state index in [-0.39, 0.29) is 17.4 Å². The van der Waals surface area contributed by atoms with Crippen molar-refractivity contribution >= 4 is 11.5 Å². The zero-order valence-electron chi connectivity index (χ0n) is 12.2. The number of hydrogen-bond donors (Lipinski definition) is 1. The number of nitrogens with zero attached hydrogens (tertiary/aromatic N) is 4. The van der Waals surface area contributed by atoms with Gasteiger partial charge in [0.1, 0.15) is 6.33 Å². The van der Waals surface area contributed by atoms with Crippen molar-refractivity contribution in [3.63, 3.8) is 0 Å². The standard InChI is InChI=1S/C13H21N5O3/c1-21-13-11(18(19)20)12(15-10-16-13)14-6-9-17-7-4-2-3-5-8-17/h10H,2-9H2,1H3,(H,14,15,16). The fourth-order valence-corrected chi connectivity index (χ4v) is 2.50. The Morgan fingerprint density at radius 1 is 1.33 bits per heavy atom. The maximum Gasteiger partial charge on any atom is 0.372 e. The van der Waals surface area contributed by atoms with E-state index in [4.69, 9.17) is 4.74 Å². The summed E-state index contributed by atoms with van der Waals surface area (Å²) in [5.41, 5.74) is -0.212. The Morgan fingerprint density at radius 3 is 2.67 bits per heavy atom. The summed E-state index contributed by atoms with van der Waals surface area (Å²) in [6, 6.07) is 0. The van der Waals surface area contributed by atoms with Gasteiger partial charge in [0.15, 0.2) is 0 Å². The lowest BCUT2D eigenvalue weighted by atomic mass is 10.2. The second-order valence-electron chi connectivity index (χ2n) is 5.02. The van der Waals surface area contributed by atoms with Crippen molar-refractivity contribution in [3.05, 3.63) is 16.4 Å². The van der Waals surface area contributed by atoms with E-state index in [9.17, 15) is 10.1 Å². The SMILES string of the molecule is COc1ncnc(NCCN2CCCCCC2)c1[N+](=O)[O-]. The number of methoxy groups -OCH3 is 1. The Morgan fingerprint density at radius 2 is 2.05 bits per heavy atom. The molecule has 0 unspecified atom stereocenters. The maximum atomic E-state index is 11.1. The number of hydrogen-bond acceptors (Lipinski definition) is 7. The van der Waals surface area contributed by atoms with Gasteiger partial charge in [-0.1, -0.05) is 12.8 Å². The van der Waals surface area contributed by atoms with Crippen molar-refractivity contribution in [1.82, 2.24) is 14.9 Å². The first kappa shape index (κ1) is 15.4. The van der Waals surface area contributed by atoms with E-state index >= 15 is 0 Å². The Hall–Kier alpha value is -1.96. The molecule has 1 aromatic rings. The lowest BCUT2D eigenvalue weighted by Crippen LogP contribution is -2.30. The minimum Gasteiger partial charge on any atom is -0.476 e. The van der Waals surface area contributed by atoms with Gasteiger partial charge in [0.05, 0.1) is 12.0 Å². The van der Waals surface area contributed by atoms with Crippen LogP contribution >= 0.6 is 0 Å². The van der Waals surface area contributed by atoms with Crippen LogP contribution in [0.3, 0.4) is 0 Å². The number of ether oxygens (including phenoxy) is 1. The van der Waals surface area contributed by atoms with Crippen molar-refractivity contribution in [2.75, 3.05) is 38.6 Å². The molecule has 0 aromatic carbocycles. The quantitative estimate of drug-likeness (QED) is 0.630. The molecule has 0 atom stereocenters. The third-order valence-electron chi connectivity index (χ3n) is 3.58. The maximum absolute atomic E-state index is 11.1. The molecule has 0 radical (unpaired) electrons. The van der Waals surface area contributed by atoms with Gasteiger partial charge >= 0.3 is 5.69 Å². The average Bonchev–Trinajstić information content (AvgIpc) is 2.75. The van der Waals surface area contributed by atoms with E-state index < -0.39 is 4.92 Å². The van der Waals surface area contributed by atoms with Crippen LogP contribution in [-0.4, -0.2) is 53.1 Å². The van der Waals surface area contributed by atoms with E-state index in [0.29, 0.717) is 6.54 Å². The molecule has 1 fully saturated rings. The third kappa shape index (κ3) is 4.25.